The molecule has 7 heteroatoms. The summed E-state index contributed by atoms with van der Waals surface area (Å²) in [6.07, 6.45) is 1.83. The molecule has 0 saturated carbocycles. The summed E-state index contributed by atoms with van der Waals surface area (Å²) in [6, 6.07) is 10.2. The standard InChI is InChI=1S/C15H15N5O2/c21-7-6-20-13-10-19(9-12(13)8-16-20)15-17-14(18-22-15)11-4-2-1-3-5-11/h1-5,8,21H,6-7,9-10H2. The van der Waals surface area contributed by atoms with E-state index in [4.69, 9.17) is 9.63 Å². The Bertz CT molecular complexity index is 780. The van der Waals surface area contributed by atoms with Gasteiger partial charge in [-0.3, -0.25) is 4.68 Å². The summed E-state index contributed by atoms with van der Waals surface area (Å²) in [5, 5.41) is 17.4. The molecule has 4 rings (SSSR count). The van der Waals surface area contributed by atoms with Crippen molar-refractivity contribution in [2.45, 2.75) is 19.6 Å². The smallest absolute Gasteiger partial charge is 0.325 e. The average Bonchev–Trinajstić information content (AvgIpc) is 3.24. The molecule has 0 spiro atoms. The van der Waals surface area contributed by atoms with E-state index in [0.29, 0.717) is 31.5 Å². The van der Waals surface area contributed by atoms with E-state index in [9.17, 15) is 0 Å². The Morgan fingerprint density at radius 1 is 1.18 bits per heavy atom. The Balaban J connectivity index is 1.56. The van der Waals surface area contributed by atoms with E-state index in [0.717, 1.165) is 16.8 Å². The number of aromatic nitrogens is 4. The first kappa shape index (κ1) is 13.0. The van der Waals surface area contributed by atoms with Crippen molar-refractivity contribution in [3.05, 3.63) is 47.8 Å². The van der Waals surface area contributed by atoms with E-state index in [1.807, 2.05) is 46.1 Å². The molecule has 0 saturated heterocycles. The summed E-state index contributed by atoms with van der Waals surface area (Å²) >= 11 is 0. The maximum Gasteiger partial charge on any atom is 0.325 e. The normalized spacial score (nSPS) is 13.6. The SMILES string of the molecule is OCCn1ncc2c1CN(c1nc(-c3ccccc3)no1)C2. The molecule has 1 N–H and O–H groups in total. The van der Waals surface area contributed by atoms with E-state index < -0.39 is 0 Å². The fourth-order valence-corrected chi connectivity index (χ4v) is 2.68. The van der Waals surface area contributed by atoms with E-state index in [1.54, 1.807) is 0 Å². The Hall–Kier alpha value is -2.67. The Labute approximate surface area is 126 Å². The Kier molecular flexibility index (Phi) is 3.12. The molecule has 0 amide bonds. The molecule has 3 heterocycles. The third-order valence-electron chi connectivity index (χ3n) is 3.77. The topological polar surface area (TPSA) is 80.2 Å². The molecule has 0 atom stereocenters. The highest BCUT2D eigenvalue weighted by Crippen LogP contribution is 2.28. The van der Waals surface area contributed by atoms with Crippen molar-refractivity contribution in [1.29, 1.82) is 0 Å². The van der Waals surface area contributed by atoms with Crippen molar-refractivity contribution in [2.75, 3.05) is 11.5 Å². The van der Waals surface area contributed by atoms with Crippen molar-refractivity contribution < 1.29 is 9.63 Å². The van der Waals surface area contributed by atoms with E-state index in [1.165, 1.54) is 0 Å². The number of hydrogen-bond donors (Lipinski definition) is 1. The van der Waals surface area contributed by atoms with Crippen LogP contribution in [0.5, 0.6) is 0 Å². The molecule has 3 aromatic rings. The molecular weight excluding hydrogens is 282 g/mol. The van der Waals surface area contributed by atoms with Crippen LogP contribution in [0.25, 0.3) is 11.4 Å². The van der Waals surface area contributed by atoms with Crippen LogP contribution in [-0.2, 0) is 19.6 Å². The summed E-state index contributed by atoms with van der Waals surface area (Å²) < 4.78 is 7.21. The van der Waals surface area contributed by atoms with Crippen LogP contribution in [0.4, 0.5) is 6.01 Å². The minimum Gasteiger partial charge on any atom is -0.394 e. The van der Waals surface area contributed by atoms with Gasteiger partial charge in [0.2, 0.25) is 5.82 Å². The first-order valence-corrected chi connectivity index (χ1v) is 7.13. The number of anilines is 1. The second-order valence-corrected chi connectivity index (χ2v) is 5.19. The highest BCUT2D eigenvalue weighted by atomic mass is 16.5. The van der Waals surface area contributed by atoms with Crippen molar-refractivity contribution in [2.24, 2.45) is 0 Å². The summed E-state index contributed by atoms with van der Waals surface area (Å²) in [6.45, 7) is 1.93. The number of rotatable bonds is 4. The van der Waals surface area contributed by atoms with Gasteiger partial charge in [-0.05, 0) is 0 Å². The van der Waals surface area contributed by atoms with E-state index >= 15 is 0 Å². The van der Waals surface area contributed by atoms with Gasteiger partial charge in [0.25, 0.3) is 0 Å². The molecule has 0 unspecified atom stereocenters. The number of nitrogens with zero attached hydrogens (tertiary/aromatic N) is 5. The Morgan fingerprint density at radius 3 is 2.86 bits per heavy atom. The zero-order valence-electron chi connectivity index (χ0n) is 11.9. The van der Waals surface area contributed by atoms with Gasteiger partial charge in [-0.25, -0.2) is 0 Å². The molecular formula is C15H15N5O2. The summed E-state index contributed by atoms with van der Waals surface area (Å²) in [5.41, 5.74) is 3.15. The van der Waals surface area contributed by atoms with Crippen molar-refractivity contribution in [1.82, 2.24) is 19.9 Å². The number of aliphatic hydroxyl groups excluding tert-OH is 1. The molecule has 1 aliphatic heterocycles. The van der Waals surface area contributed by atoms with Crippen molar-refractivity contribution >= 4 is 6.01 Å². The highest BCUT2D eigenvalue weighted by Gasteiger charge is 2.27. The van der Waals surface area contributed by atoms with Gasteiger partial charge in [0.05, 0.1) is 38.1 Å². The molecule has 0 radical (unpaired) electrons. The van der Waals surface area contributed by atoms with Crippen LogP contribution in [-0.4, -0.2) is 31.6 Å². The molecule has 0 bridgehead atoms. The fraction of sp³-hybridized carbons (Fsp3) is 0.267. The lowest BCUT2D eigenvalue weighted by Crippen LogP contribution is -2.17. The van der Waals surface area contributed by atoms with Gasteiger partial charge < -0.3 is 14.5 Å². The molecule has 2 aromatic heterocycles. The Morgan fingerprint density at radius 2 is 2.05 bits per heavy atom. The highest BCUT2D eigenvalue weighted by molar-refractivity contribution is 5.55. The predicted molar refractivity (Wildman–Crippen MR) is 78.9 cm³/mol. The van der Waals surface area contributed by atoms with E-state index in [-0.39, 0.29) is 6.61 Å². The third kappa shape index (κ3) is 2.15. The molecule has 22 heavy (non-hydrogen) atoms. The molecule has 0 fully saturated rings. The van der Waals surface area contributed by atoms with Crippen LogP contribution in [0.1, 0.15) is 11.3 Å². The van der Waals surface area contributed by atoms with Gasteiger partial charge in [0.15, 0.2) is 0 Å². The number of hydrogen-bond acceptors (Lipinski definition) is 6. The molecule has 1 aromatic carbocycles. The van der Waals surface area contributed by atoms with Crippen LogP contribution >= 0.6 is 0 Å². The van der Waals surface area contributed by atoms with Crippen LogP contribution in [0, 0.1) is 0 Å². The zero-order valence-corrected chi connectivity index (χ0v) is 11.9. The molecule has 112 valence electrons. The second kappa shape index (κ2) is 5.27. The van der Waals surface area contributed by atoms with Gasteiger partial charge >= 0.3 is 6.01 Å². The average molecular weight is 297 g/mol. The maximum atomic E-state index is 9.07. The number of fused-ring (bicyclic) bond motifs is 1. The van der Waals surface area contributed by atoms with Gasteiger partial charge in [-0.1, -0.05) is 35.5 Å². The largest absolute Gasteiger partial charge is 0.394 e. The predicted octanol–water partition coefficient (Wildman–Crippen LogP) is 1.45. The first-order chi connectivity index (χ1) is 10.8. The lowest BCUT2D eigenvalue weighted by atomic mass is 10.2. The zero-order chi connectivity index (χ0) is 14.9. The quantitative estimate of drug-likeness (QED) is 0.785. The minimum absolute atomic E-state index is 0.0762. The van der Waals surface area contributed by atoms with Crippen LogP contribution in [0.3, 0.4) is 0 Å². The molecule has 7 nitrogen and oxygen atoms in total. The maximum absolute atomic E-state index is 9.07. The van der Waals surface area contributed by atoms with Crippen LogP contribution < -0.4 is 4.90 Å². The molecule has 0 aliphatic carbocycles. The minimum atomic E-state index is 0.0762. The van der Waals surface area contributed by atoms with Gasteiger partial charge in [0.1, 0.15) is 0 Å². The third-order valence-corrected chi connectivity index (χ3v) is 3.77. The van der Waals surface area contributed by atoms with Gasteiger partial charge in [0, 0.05) is 11.1 Å². The van der Waals surface area contributed by atoms with Crippen LogP contribution in [0.15, 0.2) is 41.1 Å². The lowest BCUT2D eigenvalue weighted by molar-refractivity contribution is 0.267. The number of aliphatic hydroxyl groups is 1. The lowest BCUT2D eigenvalue weighted by Gasteiger charge is -2.11. The summed E-state index contributed by atoms with van der Waals surface area (Å²) in [7, 11) is 0. The number of benzene rings is 1. The van der Waals surface area contributed by atoms with E-state index in [2.05, 4.69) is 15.2 Å². The van der Waals surface area contributed by atoms with Crippen molar-refractivity contribution in [3.8, 4) is 11.4 Å². The molecule has 1 aliphatic rings. The van der Waals surface area contributed by atoms with Gasteiger partial charge in [-0.15, -0.1) is 0 Å². The monoisotopic (exact) mass is 297 g/mol. The van der Waals surface area contributed by atoms with Gasteiger partial charge in [-0.2, -0.15) is 10.1 Å². The summed E-state index contributed by atoms with van der Waals surface area (Å²) in [5.74, 6) is 0.587. The fourth-order valence-electron chi connectivity index (χ4n) is 2.68. The second-order valence-electron chi connectivity index (χ2n) is 5.19. The van der Waals surface area contributed by atoms with Crippen molar-refractivity contribution in [3.63, 3.8) is 0 Å². The van der Waals surface area contributed by atoms with Crippen LogP contribution in [0.2, 0.25) is 0 Å². The first-order valence-electron chi connectivity index (χ1n) is 7.13. The summed E-state index contributed by atoms with van der Waals surface area (Å²) in [4.78, 5) is 6.48.